The van der Waals surface area contributed by atoms with E-state index in [0.717, 1.165) is 36.0 Å². The molecule has 15 heteroatoms. The second-order valence-electron chi connectivity index (χ2n) is 13.1. The molecule has 268 valence electrons. The lowest BCUT2D eigenvalue weighted by Crippen LogP contribution is -2.52. The quantitative estimate of drug-likeness (QED) is 0.154. The molecule has 0 spiro atoms. The summed E-state index contributed by atoms with van der Waals surface area (Å²) in [5, 5.41) is 19.7. The number of H-pyrrole nitrogens is 1. The van der Waals surface area contributed by atoms with Crippen LogP contribution in [0.1, 0.15) is 60.3 Å². The number of nitrogens with one attached hydrogen (secondary N) is 3. The molecule has 2 aliphatic rings. The lowest BCUT2D eigenvalue weighted by atomic mass is 9.81. The summed E-state index contributed by atoms with van der Waals surface area (Å²) in [6.07, 6.45) is 4.71. The summed E-state index contributed by atoms with van der Waals surface area (Å²) >= 11 is 0. The molecular weight excluding hydrogens is 672 g/mol. The molecular formula is C36H43ClN10O4. The number of hydrogen-bond donors (Lipinski definition) is 5. The smallest absolute Gasteiger partial charge is 0.270 e. The van der Waals surface area contributed by atoms with Gasteiger partial charge in [-0.1, -0.05) is 30.3 Å². The zero-order valence-corrected chi connectivity index (χ0v) is 29.2. The van der Waals surface area contributed by atoms with Gasteiger partial charge < -0.3 is 22.1 Å². The maximum Gasteiger partial charge on any atom is 0.270 e. The molecule has 0 bridgehead atoms. The number of anilines is 1. The first-order valence-corrected chi connectivity index (χ1v) is 17.0. The Balaban J connectivity index is 0.00000504. The van der Waals surface area contributed by atoms with Crippen molar-refractivity contribution in [3.63, 3.8) is 0 Å². The number of primary amides is 1. The Morgan fingerprint density at radius 2 is 1.67 bits per heavy atom. The minimum Gasteiger partial charge on any atom is -0.368 e. The van der Waals surface area contributed by atoms with Crippen LogP contribution >= 0.6 is 12.4 Å². The van der Waals surface area contributed by atoms with Gasteiger partial charge in [0.1, 0.15) is 17.8 Å². The zero-order valence-electron chi connectivity index (χ0n) is 28.4. The highest BCUT2D eigenvalue weighted by Crippen LogP contribution is 2.33. The summed E-state index contributed by atoms with van der Waals surface area (Å²) in [5.41, 5.74) is 16.6. The average molecular weight is 715 g/mol. The van der Waals surface area contributed by atoms with Crippen LogP contribution in [0.15, 0.2) is 60.7 Å². The number of halogens is 1. The maximum atomic E-state index is 14.2. The lowest BCUT2D eigenvalue weighted by Gasteiger charge is -2.35. The molecule has 4 amide bonds. The third kappa shape index (κ3) is 8.58. The lowest BCUT2D eigenvalue weighted by molar-refractivity contribution is -0.127. The van der Waals surface area contributed by atoms with Crippen molar-refractivity contribution in [2.24, 2.45) is 23.3 Å². The monoisotopic (exact) mass is 714 g/mol. The molecule has 2 atom stereocenters. The van der Waals surface area contributed by atoms with E-state index in [1.165, 1.54) is 0 Å². The van der Waals surface area contributed by atoms with Crippen LogP contribution in [0.3, 0.4) is 0 Å². The van der Waals surface area contributed by atoms with Crippen LogP contribution in [0.4, 0.5) is 5.69 Å². The Bertz CT molecular complexity index is 1830. The van der Waals surface area contributed by atoms with Crippen LogP contribution in [0, 0.1) is 18.8 Å². The molecule has 1 aliphatic heterocycles. The van der Waals surface area contributed by atoms with Crippen molar-refractivity contribution in [1.29, 1.82) is 0 Å². The van der Waals surface area contributed by atoms with Gasteiger partial charge in [0.25, 0.3) is 5.91 Å². The molecule has 1 saturated carbocycles. The van der Waals surface area contributed by atoms with E-state index in [2.05, 4.69) is 36.2 Å². The van der Waals surface area contributed by atoms with Gasteiger partial charge in [-0.25, -0.2) is 4.98 Å². The van der Waals surface area contributed by atoms with Crippen LogP contribution < -0.4 is 27.0 Å². The van der Waals surface area contributed by atoms with Crippen LogP contribution in [-0.4, -0.2) is 74.4 Å². The van der Waals surface area contributed by atoms with Crippen LogP contribution in [-0.2, 0) is 20.8 Å². The fourth-order valence-electron chi connectivity index (χ4n) is 6.86. The van der Waals surface area contributed by atoms with Gasteiger partial charge in [-0.05, 0) is 105 Å². The van der Waals surface area contributed by atoms with Gasteiger partial charge in [0.15, 0.2) is 0 Å². The zero-order chi connectivity index (χ0) is 35.2. The normalized spacial score (nSPS) is 19.3. The molecule has 2 aromatic carbocycles. The minimum absolute atomic E-state index is 0. The number of carbonyl (C=O) groups is 4. The van der Waals surface area contributed by atoms with Crippen molar-refractivity contribution in [1.82, 2.24) is 36.2 Å². The van der Waals surface area contributed by atoms with E-state index in [1.807, 2.05) is 37.3 Å². The van der Waals surface area contributed by atoms with Crippen molar-refractivity contribution in [3.8, 4) is 22.5 Å². The van der Waals surface area contributed by atoms with E-state index < -0.39 is 23.9 Å². The maximum absolute atomic E-state index is 14.2. The standard InChI is InChI=1S/C36H42N10O4.ClH/c1-21-28(16-17-30(40-21)35(49)41-29-3-2-18-39-34(29)48)24-8-4-22(5-9-24)19-31(32(38)47)46(36(50)26-10-6-23(20-37)7-11-26)27-14-12-25(13-15-27)33-42-44-45-43-33;/h4-5,8-9,12-17,23,26,29,31H,2-3,6-7,10-11,18-20,37H2,1H3,(H2,38,47)(H,39,48)(H,41,49)(H,42,43,44,45);1H/t23-,26-,29-,31-;/m0./s1. The van der Waals surface area contributed by atoms with E-state index >= 15 is 0 Å². The number of tetrazole rings is 1. The van der Waals surface area contributed by atoms with Crippen LogP contribution in [0.2, 0.25) is 0 Å². The molecule has 4 aromatic rings. The number of nitrogens with zero attached hydrogens (tertiary/aromatic N) is 5. The van der Waals surface area contributed by atoms with E-state index in [-0.39, 0.29) is 42.3 Å². The molecule has 1 aliphatic carbocycles. The third-order valence-electron chi connectivity index (χ3n) is 9.76. The van der Waals surface area contributed by atoms with Gasteiger partial charge in [-0.15, -0.1) is 22.6 Å². The molecule has 2 fully saturated rings. The topological polar surface area (TPSA) is 215 Å². The number of aryl methyl sites for hydroxylation is 1. The van der Waals surface area contributed by atoms with Gasteiger partial charge in [0.2, 0.25) is 23.5 Å². The fourth-order valence-corrected chi connectivity index (χ4v) is 6.86. The first kappa shape index (κ1) is 37.1. The molecule has 0 unspecified atom stereocenters. The average Bonchev–Trinajstić information content (AvgIpc) is 3.68. The highest BCUT2D eigenvalue weighted by Gasteiger charge is 2.36. The van der Waals surface area contributed by atoms with Gasteiger partial charge >= 0.3 is 0 Å². The van der Waals surface area contributed by atoms with Crippen molar-refractivity contribution in [2.45, 2.75) is 64.0 Å². The van der Waals surface area contributed by atoms with Crippen LogP contribution in [0.25, 0.3) is 22.5 Å². The summed E-state index contributed by atoms with van der Waals surface area (Å²) in [6.45, 7) is 3.03. The Morgan fingerprint density at radius 3 is 2.27 bits per heavy atom. The van der Waals surface area contributed by atoms with Crippen molar-refractivity contribution < 1.29 is 19.2 Å². The number of benzene rings is 2. The molecule has 1 saturated heterocycles. The predicted molar refractivity (Wildman–Crippen MR) is 193 cm³/mol. The van der Waals surface area contributed by atoms with Crippen molar-refractivity contribution >= 4 is 41.7 Å². The minimum atomic E-state index is -0.941. The highest BCUT2D eigenvalue weighted by atomic mass is 35.5. The number of piperidine rings is 1. The van der Waals surface area contributed by atoms with Gasteiger partial charge in [0, 0.05) is 41.4 Å². The van der Waals surface area contributed by atoms with Gasteiger partial charge in [-0.2, -0.15) is 5.21 Å². The Hall–Kier alpha value is -5.21. The van der Waals surface area contributed by atoms with Gasteiger partial charge in [-0.3, -0.25) is 24.1 Å². The number of nitrogens with two attached hydrogens (primary N) is 2. The first-order valence-electron chi connectivity index (χ1n) is 17.0. The number of aromatic nitrogens is 5. The van der Waals surface area contributed by atoms with E-state index in [9.17, 15) is 19.2 Å². The molecule has 2 aromatic heterocycles. The molecule has 6 rings (SSSR count). The van der Waals surface area contributed by atoms with Crippen LogP contribution in [0.5, 0.6) is 0 Å². The van der Waals surface area contributed by atoms with Crippen molar-refractivity contribution in [2.75, 3.05) is 18.0 Å². The number of pyridine rings is 1. The van der Waals surface area contributed by atoms with E-state index in [1.54, 1.807) is 35.2 Å². The first-order chi connectivity index (χ1) is 24.2. The summed E-state index contributed by atoms with van der Waals surface area (Å²) in [5.74, 6) is -0.771. The largest absolute Gasteiger partial charge is 0.368 e. The second-order valence-corrected chi connectivity index (χ2v) is 13.1. The summed E-state index contributed by atoms with van der Waals surface area (Å²) in [6, 6.07) is 16.7. The SMILES string of the molecule is Cc1nc(C(=O)N[C@H]2CCCNC2=O)ccc1-c1ccc(C[C@@H](C(N)=O)N(c2ccc(-c3nn[nH]n3)cc2)C(=O)[C@H]2CC[C@H](CN)CC2)cc1.Cl. The number of aromatic amines is 1. The molecule has 14 nitrogen and oxygen atoms in total. The Kier molecular flexibility index (Phi) is 12.1. The number of hydrogen-bond acceptors (Lipinski definition) is 9. The molecule has 7 N–H and O–H groups in total. The predicted octanol–water partition coefficient (Wildman–Crippen LogP) is 2.86. The summed E-state index contributed by atoms with van der Waals surface area (Å²) in [7, 11) is 0. The number of carbonyl (C=O) groups excluding carboxylic acids is 4. The summed E-state index contributed by atoms with van der Waals surface area (Å²) in [4.78, 5) is 58.3. The Morgan fingerprint density at radius 1 is 0.961 bits per heavy atom. The third-order valence-corrected chi connectivity index (χ3v) is 9.76. The van der Waals surface area contributed by atoms with E-state index in [4.69, 9.17) is 11.5 Å². The summed E-state index contributed by atoms with van der Waals surface area (Å²) < 4.78 is 0. The fraction of sp³-hybridized carbons (Fsp3) is 0.389. The van der Waals surface area contributed by atoms with E-state index in [0.29, 0.717) is 61.0 Å². The van der Waals surface area contributed by atoms with Gasteiger partial charge in [0.05, 0.1) is 0 Å². The highest BCUT2D eigenvalue weighted by molar-refractivity contribution is 6.02. The molecule has 0 radical (unpaired) electrons. The number of rotatable bonds is 11. The molecule has 3 heterocycles. The Labute approximate surface area is 301 Å². The van der Waals surface area contributed by atoms with Crippen molar-refractivity contribution in [3.05, 3.63) is 77.6 Å². The molecule has 51 heavy (non-hydrogen) atoms. The second kappa shape index (κ2) is 16.7. The number of amides is 4.